The molecule has 0 bridgehead atoms. The lowest BCUT2D eigenvalue weighted by atomic mass is 9.95. The Morgan fingerprint density at radius 3 is 2.82 bits per heavy atom. The molecular formula is C12H12ClF2NO. The highest BCUT2D eigenvalue weighted by Gasteiger charge is 2.55. The SMILES string of the molecule is Fc1cc(Cl)ccc1N1CC[C@@]2(CO2)[C@@H](F)C1. The molecule has 0 N–H and O–H groups in total. The molecule has 5 heteroatoms. The van der Waals surface area contributed by atoms with Crippen LogP contribution >= 0.6 is 11.6 Å². The highest BCUT2D eigenvalue weighted by Crippen LogP contribution is 2.41. The lowest BCUT2D eigenvalue weighted by Gasteiger charge is -2.34. The molecular weight excluding hydrogens is 248 g/mol. The van der Waals surface area contributed by atoms with Gasteiger partial charge in [-0.05, 0) is 24.6 Å². The lowest BCUT2D eigenvalue weighted by molar-refractivity contribution is 0.138. The van der Waals surface area contributed by atoms with Crippen LogP contribution in [-0.4, -0.2) is 31.5 Å². The highest BCUT2D eigenvalue weighted by molar-refractivity contribution is 6.30. The maximum absolute atomic E-state index is 13.9. The molecule has 0 unspecified atom stereocenters. The average Bonchev–Trinajstić information content (AvgIpc) is 3.04. The summed E-state index contributed by atoms with van der Waals surface area (Å²) in [6.07, 6.45) is -0.442. The minimum Gasteiger partial charge on any atom is -0.366 e. The summed E-state index contributed by atoms with van der Waals surface area (Å²) >= 11 is 5.69. The van der Waals surface area contributed by atoms with Crippen LogP contribution in [-0.2, 0) is 4.74 Å². The van der Waals surface area contributed by atoms with Crippen molar-refractivity contribution in [3.63, 3.8) is 0 Å². The highest BCUT2D eigenvalue weighted by atomic mass is 35.5. The predicted molar refractivity (Wildman–Crippen MR) is 61.8 cm³/mol. The van der Waals surface area contributed by atoms with E-state index in [4.69, 9.17) is 16.3 Å². The zero-order valence-electron chi connectivity index (χ0n) is 9.13. The second-order valence-corrected chi connectivity index (χ2v) is 5.05. The van der Waals surface area contributed by atoms with Crippen molar-refractivity contribution in [2.75, 3.05) is 24.6 Å². The molecule has 2 aliphatic rings. The molecule has 1 aromatic rings. The van der Waals surface area contributed by atoms with Gasteiger partial charge < -0.3 is 9.64 Å². The smallest absolute Gasteiger partial charge is 0.149 e. The van der Waals surface area contributed by atoms with Crippen LogP contribution in [0.3, 0.4) is 0 Å². The molecule has 0 aliphatic carbocycles. The number of ether oxygens (including phenoxy) is 1. The van der Waals surface area contributed by atoms with Crippen molar-refractivity contribution >= 4 is 17.3 Å². The molecule has 17 heavy (non-hydrogen) atoms. The standard InChI is InChI=1S/C12H12ClF2NO/c13-8-1-2-10(9(14)5-8)16-4-3-12(7-17-12)11(15)6-16/h1-2,5,11H,3-4,6-7H2/t11-,12+/m0/s1. The third-order valence-electron chi connectivity index (χ3n) is 3.52. The number of epoxide rings is 1. The van der Waals surface area contributed by atoms with E-state index in [0.29, 0.717) is 30.3 Å². The fourth-order valence-electron chi connectivity index (χ4n) is 2.31. The zero-order valence-corrected chi connectivity index (χ0v) is 9.88. The number of rotatable bonds is 1. The molecule has 2 atom stereocenters. The molecule has 0 amide bonds. The Morgan fingerprint density at radius 2 is 2.24 bits per heavy atom. The molecule has 0 aromatic heterocycles. The first-order chi connectivity index (χ1) is 8.11. The number of nitrogens with zero attached hydrogens (tertiary/aromatic N) is 1. The minimum absolute atomic E-state index is 0.179. The molecule has 0 radical (unpaired) electrons. The molecule has 2 heterocycles. The van der Waals surface area contributed by atoms with Gasteiger partial charge in [-0.25, -0.2) is 8.78 Å². The van der Waals surface area contributed by atoms with Crippen LogP contribution in [0.4, 0.5) is 14.5 Å². The van der Waals surface area contributed by atoms with E-state index in [0.717, 1.165) is 0 Å². The molecule has 1 aromatic carbocycles. The first-order valence-electron chi connectivity index (χ1n) is 5.59. The van der Waals surface area contributed by atoms with Crippen molar-refractivity contribution < 1.29 is 13.5 Å². The second-order valence-electron chi connectivity index (χ2n) is 4.61. The van der Waals surface area contributed by atoms with E-state index in [2.05, 4.69) is 0 Å². The van der Waals surface area contributed by atoms with Crippen molar-refractivity contribution in [1.29, 1.82) is 0 Å². The van der Waals surface area contributed by atoms with Gasteiger partial charge in [-0.15, -0.1) is 0 Å². The molecule has 92 valence electrons. The van der Waals surface area contributed by atoms with Crippen LogP contribution in [0.25, 0.3) is 0 Å². The normalized spacial score (nSPS) is 31.9. The van der Waals surface area contributed by atoms with Crippen LogP contribution in [0.15, 0.2) is 18.2 Å². The Hall–Kier alpha value is -0.870. The van der Waals surface area contributed by atoms with E-state index in [1.807, 2.05) is 0 Å². The number of benzene rings is 1. The zero-order chi connectivity index (χ0) is 12.0. The third-order valence-corrected chi connectivity index (χ3v) is 3.76. The largest absolute Gasteiger partial charge is 0.366 e. The quantitative estimate of drug-likeness (QED) is 0.721. The summed E-state index contributed by atoms with van der Waals surface area (Å²) in [6, 6.07) is 4.46. The van der Waals surface area contributed by atoms with Gasteiger partial charge in [0.1, 0.15) is 17.6 Å². The van der Waals surface area contributed by atoms with Crippen LogP contribution in [0.1, 0.15) is 6.42 Å². The molecule has 1 spiro atoms. The third kappa shape index (κ3) is 1.89. The Labute approximate surface area is 103 Å². The first-order valence-corrected chi connectivity index (χ1v) is 5.97. The summed E-state index contributed by atoms with van der Waals surface area (Å²) in [7, 11) is 0. The van der Waals surface area contributed by atoms with Crippen molar-refractivity contribution in [2.45, 2.75) is 18.2 Å². The average molecular weight is 260 g/mol. The molecule has 2 aliphatic heterocycles. The number of alkyl halides is 1. The van der Waals surface area contributed by atoms with E-state index in [9.17, 15) is 8.78 Å². The second kappa shape index (κ2) is 3.82. The number of piperidine rings is 1. The van der Waals surface area contributed by atoms with E-state index < -0.39 is 17.6 Å². The monoisotopic (exact) mass is 259 g/mol. The van der Waals surface area contributed by atoms with Crippen molar-refractivity contribution in [3.05, 3.63) is 29.0 Å². The van der Waals surface area contributed by atoms with Crippen molar-refractivity contribution in [2.24, 2.45) is 0 Å². The van der Waals surface area contributed by atoms with Gasteiger partial charge in [-0.1, -0.05) is 11.6 Å². The summed E-state index contributed by atoms with van der Waals surface area (Å²) in [5.41, 5.74) is -0.160. The van der Waals surface area contributed by atoms with Gasteiger partial charge in [0.05, 0.1) is 18.8 Å². The Morgan fingerprint density at radius 1 is 1.47 bits per heavy atom. The number of hydrogen-bond acceptors (Lipinski definition) is 2. The van der Waals surface area contributed by atoms with Crippen LogP contribution in [0, 0.1) is 5.82 Å². The summed E-state index contributed by atoms with van der Waals surface area (Å²) in [6.45, 7) is 1.28. The Bertz CT molecular complexity index is 450. The van der Waals surface area contributed by atoms with Crippen LogP contribution in [0.5, 0.6) is 0 Å². The summed E-state index contributed by atoms with van der Waals surface area (Å²) in [5, 5.41) is 0.349. The maximum atomic E-state index is 13.9. The van der Waals surface area contributed by atoms with Gasteiger partial charge >= 0.3 is 0 Å². The maximum Gasteiger partial charge on any atom is 0.149 e. The topological polar surface area (TPSA) is 15.8 Å². The van der Waals surface area contributed by atoms with E-state index in [1.165, 1.54) is 6.07 Å². The van der Waals surface area contributed by atoms with Crippen LogP contribution in [0.2, 0.25) is 5.02 Å². The molecule has 2 saturated heterocycles. The molecule has 0 saturated carbocycles. The van der Waals surface area contributed by atoms with E-state index >= 15 is 0 Å². The fraction of sp³-hybridized carbons (Fsp3) is 0.500. The van der Waals surface area contributed by atoms with Gasteiger partial charge in [-0.3, -0.25) is 0 Å². The number of hydrogen-bond donors (Lipinski definition) is 0. The van der Waals surface area contributed by atoms with Gasteiger partial charge in [0.2, 0.25) is 0 Å². The lowest BCUT2D eigenvalue weighted by Crippen LogP contribution is -2.47. The Kier molecular flexibility index (Phi) is 2.52. The number of anilines is 1. The van der Waals surface area contributed by atoms with Gasteiger partial charge in [-0.2, -0.15) is 0 Å². The summed E-state index contributed by atoms with van der Waals surface area (Å²) in [5.74, 6) is -0.405. The predicted octanol–water partition coefficient (Wildman–Crippen LogP) is 2.80. The van der Waals surface area contributed by atoms with Gasteiger partial charge in [0.15, 0.2) is 0 Å². The molecule has 2 nitrogen and oxygen atoms in total. The molecule has 2 fully saturated rings. The minimum atomic E-state index is -1.05. The van der Waals surface area contributed by atoms with Crippen molar-refractivity contribution in [1.82, 2.24) is 0 Å². The van der Waals surface area contributed by atoms with Gasteiger partial charge in [0.25, 0.3) is 0 Å². The first kappa shape index (κ1) is 11.2. The van der Waals surface area contributed by atoms with E-state index in [1.54, 1.807) is 17.0 Å². The molecule has 3 rings (SSSR count). The summed E-state index contributed by atoms with van der Waals surface area (Å²) in [4.78, 5) is 1.71. The van der Waals surface area contributed by atoms with Crippen molar-refractivity contribution in [3.8, 4) is 0 Å². The van der Waals surface area contributed by atoms with Gasteiger partial charge in [0, 0.05) is 11.6 Å². The number of halogens is 3. The summed E-state index contributed by atoms with van der Waals surface area (Å²) < 4.78 is 32.7. The fourth-order valence-corrected chi connectivity index (χ4v) is 2.47. The Balaban J connectivity index is 1.81. The van der Waals surface area contributed by atoms with E-state index in [-0.39, 0.29) is 6.54 Å². The van der Waals surface area contributed by atoms with Crippen LogP contribution < -0.4 is 4.90 Å².